The highest BCUT2D eigenvalue weighted by atomic mass is 16.5. The van der Waals surface area contributed by atoms with E-state index < -0.39 is 0 Å². The molecule has 0 aliphatic carbocycles. The van der Waals surface area contributed by atoms with Gasteiger partial charge in [-0.1, -0.05) is 32.0 Å². The smallest absolute Gasteiger partial charge is 0.230 e. The molecule has 0 bridgehead atoms. The van der Waals surface area contributed by atoms with E-state index in [-0.39, 0.29) is 5.84 Å². The molecular weight excluding hydrogens is 262 g/mol. The minimum Gasteiger partial charge on any atom is -0.438 e. The molecule has 0 saturated carbocycles. The van der Waals surface area contributed by atoms with Gasteiger partial charge in [0.1, 0.15) is 11.6 Å². The van der Waals surface area contributed by atoms with Crippen LogP contribution in [-0.4, -0.2) is 10.8 Å². The van der Waals surface area contributed by atoms with Gasteiger partial charge in [-0.15, -0.1) is 0 Å². The zero-order valence-corrected chi connectivity index (χ0v) is 12.7. The number of rotatable bonds is 5. The summed E-state index contributed by atoms with van der Waals surface area (Å²) in [5.74, 6) is 1.51. The molecule has 4 heteroatoms. The standard InChI is InChI=1S/C17H21N3O/c1-4-11(2)13-7-5-6-8-15(13)21-17-14(16(18)19)10-9-12(3)20-17/h5-11H,4H2,1-3H3,(H3,18,19). The Hall–Kier alpha value is -2.36. The maximum absolute atomic E-state index is 7.64. The summed E-state index contributed by atoms with van der Waals surface area (Å²) in [6.07, 6.45) is 1.03. The highest BCUT2D eigenvalue weighted by Gasteiger charge is 2.14. The van der Waals surface area contributed by atoms with Crippen molar-refractivity contribution in [3.8, 4) is 11.6 Å². The Morgan fingerprint density at radius 1 is 1.29 bits per heavy atom. The van der Waals surface area contributed by atoms with Gasteiger partial charge >= 0.3 is 0 Å². The summed E-state index contributed by atoms with van der Waals surface area (Å²) in [6.45, 7) is 6.20. The summed E-state index contributed by atoms with van der Waals surface area (Å²) >= 11 is 0. The molecule has 1 aromatic carbocycles. The molecular formula is C17H21N3O. The van der Waals surface area contributed by atoms with E-state index in [0.717, 1.165) is 23.4 Å². The van der Waals surface area contributed by atoms with Crippen molar-refractivity contribution >= 4 is 5.84 Å². The third kappa shape index (κ3) is 3.40. The summed E-state index contributed by atoms with van der Waals surface area (Å²) in [6, 6.07) is 11.5. The van der Waals surface area contributed by atoms with Crippen LogP contribution in [0.3, 0.4) is 0 Å². The number of nitrogens with zero attached hydrogens (tertiary/aromatic N) is 1. The molecule has 1 unspecified atom stereocenters. The summed E-state index contributed by atoms with van der Waals surface area (Å²) in [7, 11) is 0. The van der Waals surface area contributed by atoms with Gasteiger partial charge in [0.25, 0.3) is 0 Å². The fourth-order valence-electron chi connectivity index (χ4n) is 2.12. The molecule has 0 amide bonds. The second kappa shape index (κ2) is 6.39. The first-order valence-electron chi connectivity index (χ1n) is 7.11. The zero-order chi connectivity index (χ0) is 15.4. The number of hydrogen-bond acceptors (Lipinski definition) is 3. The van der Waals surface area contributed by atoms with E-state index in [4.69, 9.17) is 15.9 Å². The number of para-hydroxylation sites is 1. The molecule has 4 nitrogen and oxygen atoms in total. The molecule has 0 spiro atoms. The van der Waals surface area contributed by atoms with Gasteiger partial charge in [-0.05, 0) is 43.0 Å². The summed E-state index contributed by atoms with van der Waals surface area (Å²) in [5.41, 5.74) is 8.09. The van der Waals surface area contributed by atoms with Gasteiger partial charge in [0.2, 0.25) is 5.88 Å². The lowest BCUT2D eigenvalue weighted by molar-refractivity contribution is 0.450. The zero-order valence-electron chi connectivity index (χ0n) is 12.7. The predicted octanol–water partition coefficient (Wildman–Crippen LogP) is 3.98. The quantitative estimate of drug-likeness (QED) is 0.644. The highest BCUT2D eigenvalue weighted by Crippen LogP contribution is 2.32. The van der Waals surface area contributed by atoms with E-state index in [1.807, 2.05) is 31.2 Å². The second-order valence-corrected chi connectivity index (χ2v) is 5.17. The number of hydrogen-bond donors (Lipinski definition) is 2. The van der Waals surface area contributed by atoms with Gasteiger partial charge < -0.3 is 10.5 Å². The summed E-state index contributed by atoms with van der Waals surface area (Å²) < 4.78 is 5.97. The molecule has 1 aromatic heterocycles. The summed E-state index contributed by atoms with van der Waals surface area (Å²) in [5, 5.41) is 7.64. The number of amidine groups is 1. The van der Waals surface area contributed by atoms with Crippen molar-refractivity contribution < 1.29 is 4.74 Å². The number of nitrogen functional groups attached to an aromatic ring is 1. The number of benzene rings is 1. The van der Waals surface area contributed by atoms with Crippen molar-refractivity contribution in [3.05, 3.63) is 53.2 Å². The molecule has 1 heterocycles. The average molecular weight is 283 g/mol. The second-order valence-electron chi connectivity index (χ2n) is 5.17. The first-order valence-corrected chi connectivity index (χ1v) is 7.11. The average Bonchev–Trinajstić information content (AvgIpc) is 2.47. The topological polar surface area (TPSA) is 72.0 Å². The van der Waals surface area contributed by atoms with Crippen LogP contribution in [0.5, 0.6) is 11.6 Å². The Balaban J connectivity index is 2.43. The number of nitrogens with two attached hydrogens (primary N) is 1. The normalized spacial score (nSPS) is 12.0. The van der Waals surface area contributed by atoms with Crippen LogP contribution >= 0.6 is 0 Å². The molecule has 0 aliphatic rings. The Labute approximate surface area is 125 Å². The number of aromatic nitrogens is 1. The SMILES string of the molecule is CCC(C)c1ccccc1Oc1nc(C)ccc1C(=N)N. The van der Waals surface area contributed by atoms with Crippen LogP contribution in [0, 0.1) is 12.3 Å². The van der Waals surface area contributed by atoms with Crippen LogP contribution in [0.4, 0.5) is 0 Å². The van der Waals surface area contributed by atoms with Gasteiger partial charge in [-0.2, -0.15) is 0 Å². The molecule has 0 radical (unpaired) electrons. The van der Waals surface area contributed by atoms with Crippen LogP contribution < -0.4 is 10.5 Å². The lowest BCUT2D eigenvalue weighted by Crippen LogP contribution is -2.13. The van der Waals surface area contributed by atoms with E-state index in [0.29, 0.717) is 17.4 Å². The molecule has 0 fully saturated rings. The maximum Gasteiger partial charge on any atom is 0.230 e. The van der Waals surface area contributed by atoms with Gasteiger partial charge in [0, 0.05) is 5.69 Å². The Bertz CT molecular complexity index is 652. The molecule has 2 rings (SSSR count). The van der Waals surface area contributed by atoms with Crippen molar-refractivity contribution in [1.29, 1.82) is 5.41 Å². The van der Waals surface area contributed by atoms with Crippen LogP contribution in [0.15, 0.2) is 36.4 Å². The number of pyridine rings is 1. The monoisotopic (exact) mass is 283 g/mol. The third-order valence-electron chi connectivity index (χ3n) is 3.56. The van der Waals surface area contributed by atoms with E-state index in [1.165, 1.54) is 0 Å². The fourth-order valence-corrected chi connectivity index (χ4v) is 2.12. The number of ether oxygens (including phenoxy) is 1. The van der Waals surface area contributed by atoms with Gasteiger partial charge in [-0.3, -0.25) is 5.41 Å². The largest absolute Gasteiger partial charge is 0.438 e. The minimum absolute atomic E-state index is 0.0430. The predicted molar refractivity (Wildman–Crippen MR) is 85.2 cm³/mol. The highest BCUT2D eigenvalue weighted by molar-refractivity contribution is 5.97. The van der Waals surface area contributed by atoms with Gasteiger partial charge in [-0.25, -0.2) is 4.98 Å². The molecule has 2 aromatic rings. The Morgan fingerprint density at radius 2 is 2.00 bits per heavy atom. The molecule has 0 aliphatic heterocycles. The third-order valence-corrected chi connectivity index (χ3v) is 3.56. The number of aryl methyl sites for hydroxylation is 1. The molecule has 3 N–H and O–H groups in total. The van der Waals surface area contributed by atoms with Crippen molar-refractivity contribution in [1.82, 2.24) is 4.98 Å². The molecule has 21 heavy (non-hydrogen) atoms. The van der Waals surface area contributed by atoms with Crippen molar-refractivity contribution in [3.63, 3.8) is 0 Å². The van der Waals surface area contributed by atoms with E-state index in [2.05, 4.69) is 24.9 Å². The van der Waals surface area contributed by atoms with Crippen molar-refractivity contribution in [2.24, 2.45) is 5.73 Å². The van der Waals surface area contributed by atoms with E-state index >= 15 is 0 Å². The van der Waals surface area contributed by atoms with Gasteiger partial charge in [0.05, 0.1) is 5.56 Å². The van der Waals surface area contributed by atoms with E-state index in [1.54, 1.807) is 6.07 Å². The van der Waals surface area contributed by atoms with E-state index in [9.17, 15) is 0 Å². The lowest BCUT2D eigenvalue weighted by atomic mass is 9.98. The first kappa shape index (κ1) is 15.0. The Kier molecular flexibility index (Phi) is 4.58. The Morgan fingerprint density at radius 3 is 2.67 bits per heavy atom. The van der Waals surface area contributed by atoms with Crippen LogP contribution in [0.25, 0.3) is 0 Å². The fraction of sp³-hybridized carbons (Fsp3) is 0.294. The van der Waals surface area contributed by atoms with Crippen LogP contribution in [0.1, 0.15) is 43.0 Å². The first-order chi connectivity index (χ1) is 10.0. The lowest BCUT2D eigenvalue weighted by Gasteiger charge is -2.16. The molecule has 1 atom stereocenters. The minimum atomic E-state index is -0.0430. The van der Waals surface area contributed by atoms with Crippen LogP contribution in [-0.2, 0) is 0 Å². The van der Waals surface area contributed by atoms with Crippen molar-refractivity contribution in [2.75, 3.05) is 0 Å². The maximum atomic E-state index is 7.64. The van der Waals surface area contributed by atoms with Crippen molar-refractivity contribution in [2.45, 2.75) is 33.1 Å². The number of nitrogens with one attached hydrogen (secondary N) is 1. The molecule has 0 saturated heterocycles. The summed E-state index contributed by atoms with van der Waals surface area (Å²) in [4.78, 5) is 4.37. The van der Waals surface area contributed by atoms with Gasteiger partial charge in [0.15, 0.2) is 0 Å². The van der Waals surface area contributed by atoms with Crippen LogP contribution in [0.2, 0.25) is 0 Å². The molecule has 110 valence electrons.